The standard InChI is InChI=1S/C19H26O3/c1-4-5-6-7-14-22-18-11-10-17(15-19(18)21-3)9-8-16(2)12-13-20/h8-13,15H,4-7,14H2,1-3H3/b9-8+,16-12+. The summed E-state index contributed by atoms with van der Waals surface area (Å²) < 4.78 is 11.2. The van der Waals surface area contributed by atoms with Crippen LogP contribution in [0.25, 0.3) is 6.08 Å². The molecule has 0 aliphatic heterocycles. The summed E-state index contributed by atoms with van der Waals surface area (Å²) in [6.07, 6.45) is 10.9. The van der Waals surface area contributed by atoms with E-state index in [2.05, 4.69) is 6.92 Å². The lowest BCUT2D eigenvalue weighted by atomic mass is 10.1. The number of rotatable bonds is 10. The third-order valence-electron chi connectivity index (χ3n) is 3.31. The van der Waals surface area contributed by atoms with Crippen LogP contribution in [0.1, 0.15) is 45.1 Å². The molecule has 0 aliphatic carbocycles. The molecular formula is C19H26O3. The van der Waals surface area contributed by atoms with Crippen molar-refractivity contribution in [3.63, 3.8) is 0 Å². The minimum atomic E-state index is 0.715. The first-order valence-electron chi connectivity index (χ1n) is 7.82. The van der Waals surface area contributed by atoms with Crippen LogP contribution in [0.15, 0.2) is 35.9 Å². The number of methoxy groups -OCH3 is 1. The molecule has 1 aromatic carbocycles. The molecule has 120 valence electrons. The number of hydrogen-bond acceptors (Lipinski definition) is 3. The predicted octanol–water partition coefficient (Wildman–Crippen LogP) is 4.81. The van der Waals surface area contributed by atoms with Gasteiger partial charge in [-0.25, -0.2) is 0 Å². The minimum absolute atomic E-state index is 0.715. The molecule has 1 rings (SSSR count). The SMILES string of the molecule is CCCCCCOc1ccc(/C=C/C(C)=C/C=O)cc1OC. The number of aldehydes is 1. The number of hydrogen-bond donors (Lipinski definition) is 0. The van der Waals surface area contributed by atoms with Gasteiger partial charge in [0, 0.05) is 0 Å². The molecular weight excluding hydrogens is 276 g/mol. The number of unbranched alkanes of at least 4 members (excludes halogenated alkanes) is 3. The Bertz CT molecular complexity index is 515. The third kappa shape index (κ3) is 6.61. The Balaban J connectivity index is 2.66. The number of allylic oxidation sites excluding steroid dienone is 3. The van der Waals surface area contributed by atoms with Crippen molar-refractivity contribution in [3.05, 3.63) is 41.5 Å². The van der Waals surface area contributed by atoms with Crippen LogP contribution in [-0.4, -0.2) is 20.0 Å². The van der Waals surface area contributed by atoms with E-state index in [0.717, 1.165) is 35.3 Å². The van der Waals surface area contributed by atoms with E-state index in [0.29, 0.717) is 6.61 Å². The molecule has 0 atom stereocenters. The lowest BCUT2D eigenvalue weighted by Crippen LogP contribution is -1.99. The van der Waals surface area contributed by atoms with Crippen molar-refractivity contribution in [1.29, 1.82) is 0 Å². The highest BCUT2D eigenvalue weighted by molar-refractivity contribution is 5.68. The Morgan fingerprint density at radius 1 is 1.18 bits per heavy atom. The molecule has 22 heavy (non-hydrogen) atoms. The number of benzene rings is 1. The summed E-state index contributed by atoms with van der Waals surface area (Å²) in [4.78, 5) is 10.4. The summed E-state index contributed by atoms with van der Waals surface area (Å²) >= 11 is 0. The van der Waals surface area contributed by atoms with E-state index in [1.165, 1.54) is 25.3 Å². The molecule has 0 amide bonds. The van der Waals surface area contributed by atoms with E-state index < -0.39 is 0 Å². The Morgan fingerprint density at radius 2 is 2.00 bits per heavy atom. The molecule has 0 heterocycles. The highest BCUT2D eigenvalue weighted by Crippen LogP contribution is 2.29. The Morgan fingerprint density at radius 3 is 2.68 bits per heavy atom. The molecule has 0 aromatic heterocycles. The summed E-state index contributed by atoms with van der Waals surface area (Å²) in [6.45, 7) is 4.80. The van der Waals surface area contributed by atoms with Gasteiger partial charge in [0.2, 0.25) is 0 Å². The summed E-state index contributed by atoms with van der Waals surface area (Å²) in [6, 6.07) is 5.84. The molecule has 0 saturated carbocycles. The van der Waals surface area contributed by atoms with Crippen molar-refractivity contribution in [1.82, 2.24) is 0 Å². The minimum Gasteiger partial charge on any atom is -0.493 e. The number of ether oxygens (including phenoxy) is 2. The van der Waals surface area contributed by atoms with Crippen LogP contribution in [0, 0.1) is 0 Å². The molecule has 0 saturated heterocycles. The van der Waals surface area contributed by atoms with Crippen LogP contribution in [0.4, 0.5) is 0 Å². The molecule has 3 heteroatoms. The molecule has 1 aromatic rings. The normalized spacial score (nSPS) is 11.7. The van der Waals surface area contributed by atoms with E-state index in [-0.39, 0.29) is 0 Å². The van der Waals surface area contributed by atoms with Gasteiger partial charge in [0.05, 0.1) is 13.7 Å². The van der Waals surface area contributed by atoms with Gasteiger partial charge in [-0.1, -0.05) is 44.4 Å². The smallest absolute Gasteiger partial charge is 0.161 e. The average Bonchev–Trinajstić information content (AvgIpc) is 2.53. The molecule has 0 radical (unpaired) electrons. The average molecular weight is 302 g/mol. The highest BCUT2D eigenvalue weighted by atomic mass is 16.5. The van der Waals surface area contributed by atoms with Gasteiger partial charge in [-0.05, 0) is 42.7 Å². The summed E-state index contributed by atoms with van der Waals surface area (Å²) in [5, 5.41) is 0. The van der Waals surface area contributed by atoms with E-state index in [1.54, 1.807) is 7.11 Å². The van der Waals surface area contributed by atoms with Gasteiger partial charge in [-0.3, -0.25) is 4.79 Å². The van der Waals surface area contributed by atoms with Crippen molar-refractivity contribution in [2.24, 2.45) is 0 Å². The fourth-order valence-corrected chi connectivity index (χ4v) is 2.01. The van der Waals surface area contributed by atoms with Crippen LogP contribution in [0.2, 0.25) is 0 Å². The van der Waals surface area contributed by atoms with Gasteiger partial charge in [0.15, 0.2) is 11.5 Å². The second-order valence-corrected chi connectivity index (χ2v) is 5.20. The maximum absolute atomic E-state index is 10.4. The fraction of sp³-hybridized carbons (Fsp3) is 0.421. The lowest BCUT2D eigenvalue weighted by molar-refractivity contribution is -0.104. The van der Waals surface area contributed by atoms with Crippen molar-refractivity contribution < 1.29 is 14.3 Å². The quantitative estimate of drug-likeness (QED) is 0.269. The first-order valence-corrected chi connectivity index (χ1v) is 7.82. The second-order valence-electron chi connectivity index (χ2n) is 5.20. The molecule has 0 N–H and O–H groups in total. The lowest BCUT2D eigenvalue weighted by Gasteiger charge is -2.11. The van der Waals surface area contributed by atoms with E-state index in [4.69, 9.17) is 9.47 Å². The molecule has 0 bridgehead atoms. The largest absolute Gasteiger partial charge is 0.493 e. The van der Waals surface area contributed by atoms with Gasteiger partial charge in [-0.2, -0.15) is 0 Å². The Kier molecular flexibility index (Phi) is 8.73. The molecule has 0 fully saturated rings. The highest BCUT2D eigenvalue weighted by Gasteiger charge is 2.04. The zero-order chi connectivity index (χ0) is 16.2. The zero-order valence-electron chi connectivity index (χ0n) is 13.8. The van der Waals surface area contributed by atoms with Gasteiger partial charge >= 0.3 is 0 Å². The van der Waals surface area contributed by atoms with Crippen molar-refractivity contribution in [3.8, 4) is 11.5 Å². The summed E-state index contributed by atoms with van der Waals surface area (Å²) in [7, 11) is 1.64. The van der Waals surface area contributed by atoms with Gasteiger partial charge in [0.25, 0.3) is 0 Å². The van der Waals surface area contributed by atoms with E-state index in [1.807, 2.05) is 37.3 Å². The van der Waals surface area contributed by atoms with Crippen molar-refractivity contribution in [2.75, 3.05) is 13.7 Å². The summed E-state index contributed by atoms with van der Waals surface area (Å²) in [5.74, 6) is 1.51. The van der Waals surface area contributed by atoms with Crippen molar-refractivity contribution in [2.45, 2.75) is 39.5 Å². The maximum Gasteiger partial charge on any atom is 0.161 e. The Hall–Kier alpha value is -2.03. The van der Waals surface area contributed by atoms with Gasteiger partial charge in [-0.15, -0.1) is 0 Å². The first-order chi connectivity index (χ1) is 10.7. The monoisotopic (exact) mass is 302 g/mol. The topological polar surface area (TPSA) is 35.5 Å². The fourth-order valence-electron chi connectivity index (χ4n) is 2.01. The van der Waals surface area contributed by atoms with Crippen LogP contribution in [-0.2, 0) is 4.79 Å². The third-order valence-corrected chi connectivity index (χ3v) is 3.31. The van der Waals surface area contributed by atoms with Gasteiger partial charge in [0.1, 0.15) is 6.29 Å². The van der Waals surface area contributed by atoms with Crippen LogP contribution < -0.4 is 9.47 Å². The van der Waals surface area contributed by atoms with Crippen LogP contribution >= 0.6 is 0 Å². The van der Waals surface area contributed by atoms with Gasteiger partial charge < -0.3 is 9.47 Å². The number of carbonyl (C=O) groups is 1. The zero-order valence-corrected chi connectivity index (χ0v) is 13.8. The molecule has 3 nitrogen and oxygen atoms in total. The van der Waals surface area contributed by atoms with Crippen LogP contribution in [0.5, 0.6) is 11.5 Å². The molecule has 0 spiro atoms. The van der Waals surface area contributed by atoms with Crippen LogP contribution in [0.3, 0.4) is 0 Å². The Labute approximate surface area is 133 Å². The second kappa shape index (κ2) is 10.7. The van der Waals surface area contributed by atoms with Crippen molar-refractivity contribution >= 4 is 12.4 Å². The maximum atomic E-state index is 10.4. The van der Waals surface area contributed by atoms with E-state index in [9.17, 15) is 4.79 Å². The number of carbonyl (C=O) groups excluding carboxylic acids is 1. The first kappa shape index (κ1) is 18.0. The predicted molar refractivity (Wildman–Crippen MR) is 91.5 cm³/mol. The molecule has 0 aliphatic rings. The summed E-state index contributed by atoms with van der Waals surface area (Å²) in [5.41, 5.74) is 1.92. The molecule has 0 unspecified atom stereocenters. The van der Waals surface area contributed by atoms with E-state index >= 15 is 0 Å².